The zero-order chi connectivity index (χ0) is 27.2. The van der Waals surface area contributed by atoms with Crippen LogP contribution in [-0.2, 0) is 31.6 Å². The van der Waals surface area contributed by atoms with Gasteiger partial charge < -0.3 is 19.3 Å². The van der Waals surface area contributed by atoms with Gasteiger partial charge in [0.15, 0.2) is 0 Å². The Morgan fingerprint density at radius 1 is 1.03 bits per heavy atom. The van der Waals surface area contributed by atoms with E-state index in [0.717, 1.165) is 0 Å². The molecule has 13 heteroatoms. The Hall–Kier alpha value is -2.91. The summed E-state index contributed by atoms with van der Waals surface area (Å²) in [4.78, 5) is 40.3. The highest BCUT2D eigenvalue weighted by atomic mass is 16.5. The molecule has 0 aliphatic carbocycles. The normalized spacial score (nSPS) is 20.8. The highest BCUT2D eigenvalue weighted by molar-refractivity contribution is 6.44. The molecule has 10 radical (unpaired) electrons. The van der Waals surface area contributed by atoms with Crippen LogP contribution < -0.4 is 15.5 Å². The lowest BCUT2D eigenvalue weighted by molar-refractivity contribution is -0.136. The maximum atomic E-state index is 13.1. The van der Waals surface area contributed by atoms with E-state index in [0.29, 0.717) is 59.8 Å². The fourth-order valence-electron chi connectivity index (χ4n) is 5.17. The Labute approximate surface area is 228 Å². The first kappa shape index (κ1) is 26.7. The summed E-state index contributed by atoms with van der Waals surface area (Å²) >= 11 is 0. The summed E-state index contributed by atoms with van der Waals surface area (Å²) in [5.41, 5.74) is 2.08. The minimum atomic E-state index is -1.82. The van der Waals surface area contributed by atoms with E-state index in [1.165, 1.54) is 4.90 Å². The van der Waals surface area contributed by atoms with Crippen molar-refractivity contribution in [2.24, 2.45) is 0 Å². The Balaban J connectivity index is 1.37. The van der Waals surface area contributed by atoms with Gasteiger partial charge in [-0.25, -0.2) is 0 Å². The minimum Gasteiger partial charge on any atom is -0.502 e. The molecule has 3 aliphatic rings. The van der Waals surface area contributed by atoms with Gasteiger partial charge in [-0.05, 0) is 29.5 Å². The van der Waals surface area contributed by atoms with Gasteiger partial charge in [0.05, 0.1) is 35.5 Å². The molecule has 2 aromatic rings. The van der Waals surface area contributed by atoms with Gasteiger partial charge in [-0.15, -0.1) is 0 Å². The first-order valence-corrected chi connectivity index (χ1v) is 12.3. The van der Waals surface area contributed by atoms with Gasteiger partial charge >= 0.3 is 0 Å². The molecule has 182 valence electrons. The molecule has 8 nitrogen and oxygen atoms in total. The van der Waals surface area contributed by atoms with E-state index in [9.17, 15) is 14.4 Å². The quantitative estimate of drug-likeness (QED) is 0.387. The maximum Gasteiger partial charge on any atom is 0.255 e. The Kier molecular flexibility index (Phi) is 7.03. The number of carbonyl (C=O) groups is 3. The van der Waals surface area contributed by atoms with Crippen LogP contribution in [0.1, 0.15) is 39.9 Å². The van der Waals surface area contributed by atoms with Crippen molar-refractivity contribution in [3.05, 3.63) is 58.7 Å². The number of nitrogens with zero attached hydrogens (tertiary/aromatic N) is 2. The van der Waals surface area contributed by atoms with Crippen LogP contribution in [0.25, 0.3) is 0 Å². The van der Waals surface area contributed by atoms with Crippen LogP contribution in [0.3, 0.4) is 0 Å². The molecule has 1 N–H and O–H groups in total. The molecule has 1 unspecified atom stereocenters. The van der Waals surface area contributed by atoms with E-state index in [2.05, 4.69) is 5.32 Å². The minimum absolute atomic E-state index is 0.107. The molecular weight excluding hydrogens is 476 g/mol. The van der Waals surface area contributed by atoms with Crippen LogP contribution in [0.5, 0.6) is 5.75 Å². The van der Waals surface area contributed by atoms with E-state index >= 15 is 0 Å². The summed E-state index contributed by atoms with van der Waals surface area (Å²) in [7, 11) is 32.0. The van der Waals surface area contributed by atoms with Gasteiger partial charge in [0.2, 0.25) is 11.8 Å². The largest absolute Gasteiger partial charge is 0.502 e. The number of hydrogen-bond acceptors (Lipinski definition) is 6. The van der Waals surface area contributed by atoms with E-state index in [1.54, 1.807) is 36.4 Å². The third-order valence-corrected chi connectivity index (χ3v) is 7.29. The molecule has 2 saturated heterocycles. The Bertz CT molecular complexity index is 1300. The molecule has 2 fully saturated rings. The van der Waals surface area contributed by atoms with Crippen molar-refractivity contribution < 1.29 is 23.9 Å². The number of hydrogen-bond donors (Lipinski definition) is 1. The SMILES string of the molecule is [B]c1cc(C([B])([B])Oc2cccc3c2CN(C2CCC(=O)NC2=O)C3=O)ccc1C([B])([B])N1CCOCC1. The zero-order valence-corrected chi connectivity index (χ0v) is 20.8. The number of fused-ring (bicyclic) bond motifs is 1. The lowest BCUT2D eigenvalue weighted by atomic mass is 9.53. The number of amides is 3. The summed E-state index contributed by atoms with van der Waals surface area (Å²) in [5.74, 6) is -0.898. The van der Waals surface area contributed by atoms with Crippen LogP contribution in [0, 0.1) is 0 Å². The Morgan fingerprint density at radius 2 is 1.76 bits per heavy atom. The molecule has 0 bridgehead atoms. The zero-order valence-electron chi connectivity index (χ0n) is 20.8. The predicted octanol–water partition coefficient (Wildman–Crippen LogP) is -1.45. The summed E-state index contributed by atoms with van der Waals surface area (Å²) < 4.78 is 11.4. The average Bonchev–Trinajstić information content (AvgIpc) is 3.21. The molecule has 0 spiro atoms. The van der Waals surface area contributed by atoms with Gasteiger partial charge in [0.25, 0.3) is 5.91 Å². The lowest BCUT2D eigenvalue weighted by Crippen LogP contribution is -2.54. The van der Waals surface area contributed by atoms with Gasteiger partial charge in [0, 0.05) is 36.0 Å². The van der Waals surface area contributed by atoms with Crippen molar-refractivity contribution in [1.82, 2.24) is 15.1 Å². The van der Waals surface area contributed by atoms with E-state index in [-0.39, 0.29) is 31.2 Å². The lowest BCUT2D eigenvalue weighted by Gasteiger charge is -2.43. The second kappa shape index (κ2) is 10.0. The van der Waals surface area contributed by atoms with Crippen molar-refractivity contribution >= 4 is 62.4 Å². The third kappa shape index (κ3) is 4.82. The number of morpholine rings is 1. The highest BCUT2D eigenvalue weighted by Gasteiger charge is 2.40. The van der Waals surface area contributed by atoms with Crippen molar-refractivity contribution in [2.75, 3.05) is 26.3 Å². The number of imide groups is 1. The van der Waals surface area contributed by atoms with Crippen molar-refractivity contribution in [3.63, 3.8) is 0 Å². The monoisotopic (exact) mass is 499 g/mol. The average molecular weight is 499 g/mol. The smallest absolute Gasteiger partial charge is 0.255 e. The Morgan fingerprint density at radius 3 is 2.45 bits per heavy atom. The third-order valence-electron chi connectivity index (χ3n) is 7.29. The van der Waals surface area contributed by atoms with Crippen molar-refractivity contribution in [2.45, 2.75) is 36.2 Å². The molecule has 3 aliphatic heterocycles. The van der Waals surface area contributed by atoms with Gasteiger partial charge in [-0.2, -0.15) is 0 Å². The van der Waals surface area contributed by atoms with E-state index < -0.39 is 22.7 Å². The fourth-order valence-corrected chi connectivity index (χ4v) is 5.17. The molecule has 3 amide bonds. The summed E-state index contributed by atoms with van der Waals surface area (Å²) in [5, 5.41) is -0.855. The first-order chi connectivity index (χ1) is 18.0. The number of benzene rings is 2. The van der Waals surface area contributed by atoms with E-state index in [4.69, 9.17) is 48.7 Å². The first-order valence-electron chi connectivity index (χ1n) is 12.3. The highest BCUT2D eigenvalue weighted by Crippen LogP contribution is 2.36. The van der Waals surface area contributed by atoms with Crippen LogP contribution in [-0.4, -0.2) is 99.1 Å². The molecule has 0 aromatic heterocycles. The molecule has 5 rings (SSSR count). The molecule has 38 heavy (non-hydrogen) atoms. The van der Waals surface area contributed by atoms with Crippen LogP contribution in [0.4, 0.5) is 0 Å². The summed E-state index contributed by atoms with van der Waals surface area (Å²) in [6.45, 7) is 2.25. The number of piperidine rings is 1. The number of ether oxygens (including phenoxy) is 2. The molecule has 3 heterocycles. The van der Waals surface area contributed by atoms with Crippen molar-refractivity contribution in [1.29, 1.82) is 0 Å². The maximum absolute atomic E-state index is 13.1. The fraction of sp³-hybridized carbons (Fsp3) is 0.400. The van der Waals surface area contributed by atoms with E-state index in [1.807, 2.05) is 4.90 Å². The second-order valence-electron chi connectivity index (χ2n) is 9.80. The van der Waals surface area contributed by atoms with Crippen molar-refractivity contribution in [3.8, 4) is 5.75 Å². The number of carbonyl (C=O) groups excluding carboxylic acids is 3. The number of rotatable bonds is 6. The molecule has 0 saturated carbocycles. The molecule has 1 atom stereocenters. The predicted molar refractivity (Wildman–Crippen MR) is 144 cm³/mol. The van der Waals surface area contributed by atoms with Crippen LogP contribution >= 0.6 is 0 Å². The summed E-state index contributed by atoms with van der Waals surface area (Å²) in [6.07, 6.45) is 0.405. The number of nitrogens with one attached hydrogen (secondary N) is 1. The van der Waals surface area contributed by atoms with Crippen LogP contribution in [0.2, 0.25) is 0 Å². The van der Waals surface area contributed by atoms with Gasteiger partial charge in [-0.3, -0.25) is 19.7 Å². The van der Waals surface area contributed by atoms with Crippen LogP contribution in [0.15, 0.2) is 36.4 Å². The second-order valence-corrected chi connectivity index (χ2v) is 9.80. The van der Waals surface area contributed by atoms with Gasteiger partial charge in [0.1, 0.15) is 35.3 Å². The topological polar surface area (TPSA) is 88.2 Å². The molecular formula is C25H22B5N3O5. The molecule has 2 aromatic carbocycles. The standard InChI is InChI=1S/C25H22B5N3O5/c26-18-12-14(4-5-17(18)24(27,28)32-8-10-37-11-9-32)25(29,30)38-20-3-1-2-15-16(20)13-33(23(15)36)19-6-7-21(34)31-22(19)35/h1-5,12,19H,6-11,13H2,(H,31,34,35). The van der Waals surface area contributed by atoms with Gasteiger partial charge in [-0.1, -0.05) is 35.3 Å². The summed E-state index contributed by atoms with van der Waals surface area (Å²) in [6, 6.07) is 9.06.